The number of carbonyl (C=O) groups excluding carboxylic acids is 1. The summed E-state index contributed by atoms with van der Waals surface area (Å²) in [5, 5.41) is 11.2. The van der Waals surface area contributed by atoms with Crippen LogP contribution < -0.4 is 10.1 Å². The van der Waals surface area contributed by atoms with E-state index in [1.54, 1.807) is 31.4 Å². The molecule has 0 fully saturated rings. The highest BCUT2D eigenvalue weighted by Crippen LogP contribution is 2.14. The van der Waals surface area contributed by atoms with Gasteiger partial charge < -0.3 is 15.2 Å². The zero-order valence-corrected chi connectivity index (χ0v) is 10.3. The maximum Gasteiger partial charge on any atom is 0.236 e. The van der Waals surface area contributed by atoms with Crippen molar-refractivity contribution in [2.45, 2.75) is 0 Å². The lowest BCUT2D eigenvalue weighted by molar-refractivity contribution is -0.113. The molecule has 0 spiro atoms. The predicted molar refractivity (Wildman–Crippen MR) is 66.6 cm³/mol. The molecule has 17 heavy (non-hydrogen) atoms. The third-order valence-corrected chi connectivity index (χ3v) is 3.21. The Labute approximate surface area is 102 Å². The van der Waals surface area contributed by atoms with E-state index < -0.39 is 10.8 Å². The second-order valence-corrected chi connectivity index (χ2v) is 4.87. The number of carbonyl (C=O) groups is 1. The van der Waals surface area contributed by atoms with E-state index in [1.165, 1.54) is 0 Å². The smallest absolute Gasteiger partial charge is 0.236 e. The standard InChI is InChI=1S/C11H15NO4S/c1-16-10-4-2-9(3-5-10)12-11(14)8-17(15)7-6-13/h2-5,13H,6-8H2,1H3,(H,12,14). The van der Waals surface area contributed by atoms with Gasteiger partial charge in [-0.25, -0.2) is 0 Å². The van der Waals surface area contributed by atoms with Gasteiger partial charge in [0.15, 0.2) is 0 Å². The number of nitrogens with one attached hydrogen (secondary N) is 1. The molecule has 1 atom stereocenters. The topological polar surface area (TPSA) is 75.6 Å². The summed E-state index contributed by atoms with van der Waals surface area (Å²) in [5.74, 6) is 0.386. The van der Waals surface area contributed by atoms with Crippen LogP contribution in [-0.2, 0) is 15.6 Å². The van der Waals surface area contributed by atoms with Gasteiger partial charge in [-0.2, -0.15) is 0 Å². The molecule has 6 heteroatoms. The molecule has 1 rings (SSSR count). The Morgan fingerprint density at radius 1 is 1.41 bits per heavy atom. The number of hydrogen-bond acceptors (Lipinski definition) is 4. The zero-order valence-electron chi connectivity index (χ0n) is 9.51. The molecule has 1 amide bonds. The Morgan fingerprint density at radius 2 is 2.06 bits per heavy atom. The summed E-state index contributed by atoms with van der Waals surface area (Å²) >= 11 is 0. The highest BCUT2D eigenvalue weighted by atomic mass is 32.2. The molecule has 0 saturated heterocycles. The lowest BCUT2D eigenvalue weighted by Crippen LogP contribution is -2.21. The first-order chi connectivity index (χ1) is 8.15. The molecule has 0 aliphatic heterocycles. The zero-order chi connectivity index (χ0) is 12.7. The van der Waals surface area contributed by atoms with E-state index in [0.29, 0.717) is 11.4 Å². The van der Waals surface area contributed by atoms with Gasteiger partial charge in [-0.15, -0.1) is 0 Å². The van der Waals surface area contributed by atoms with Gasteiger partial charge in [0, 0.05) is 22.2 Å². The Balaban J connectivity index is 2.47. The van der Waals surface area contributed by atoms with Crippen LogP contribution in [0.5, 0.6) is 5.75 Å². The van der Waals surface area contributed by atoms with Crippen molar-refractivity contribution < 1.29 is 18.8 Å². The van der Waals surface area contributed by atoms with Crippen LogP contribution in [0.1, 0.15) is 0 Å². The van der Waals surface area contributed by atoms with Crippen molar-refractivity contribution in [1.29, 1.82) is 0 Å². The van der Waals surface area contributed by atoms with Crippen molar-refractivity contribution in [2.24, 2.45) is 0 Å². The van der Waals surface area contributed by atoms with Crippen molar-refractivity contribution in [2.75, 3.05) is 30.5 Å². The van der Waals surface area contributed by atoms with Crippen molar-refractivity contribution in [3.8, 4) is 5.75 Å². The Hall–Kier alpha value is -1.40. The fraction of sp³-hybridized carbons (Fsp3) is 0.364. The van der Waals surface area contributed by atoms with E-state index in [2.05, 4.69) is 5.32 Å². The lowest BCUT2D eigenvalue weighted by atomic mass is 10.3. The van der Waals surface area contributed by atoms with Gasteiger partial charge in [-0.3, -0.25) is 9.00 Å². The molecular formula is C11H15NO4S. The van der Waals surface area contributed by atoms with E-state index >= 15 is 0 Å². The number of ether oxygens (including phenoxy) is 1. The number of rotatable bonds is 6. The van der Waals surface area contributed by atoms with Crippen LogP contribution in [0.25, 0.3) is 0 Å². The average molecular weight is 257 g/mol. The summed E-state index contributed by atoms with van der Waals surface area (Å²) < 4.78 is 16.2. The van der Waals surface area contributed by atoms with Crippen LogP contribution >= 0.6 is 0 Å². The van der Waals surface area contributed by atoms with Crippen LogP contribution in [0.4, 0.5) is 5.69 Å². The van der Waals surface area contributed by atoms with Gasteiger partial charge in [-0.05, 0) is 24.3 Å². The van der Waals surface area contributed by atoms with E-state index in [9.17, 15) is 9.00 Å². The highest BCUT2D eigenvalue weighted by Gasteiger charge is 2.07. The van der Waals surface area contributed by atoms with Gasteiger partial charge in [0.2, 0.25) is 5.91 Å². The molecule has 94 valence electrons. The van der Waals surface area contributed by atoms with E-state index in [4.69, 9.17) is 9.84 Å². The first-order valence-electron chi connectivity index (χ1n) is 5.05. The second kappa shape index (κ2) is 7.03. The van der Waals surface area contributed by atoms with Crippen LogP contribution in [0.15, 0.2) is 24.3 Å². The normalized spacial score (nSPS) is 11.9. The Bertz CT molecular complexity index is 391. The highest BCUT2D eigenvalue weighted by molar-refractivity contribution is 7.85. The van der Waals surface area contributed by atoms with E-state index in [1.807, 2.05) is 0 Å². The quantitative estimate of drug-likeness (QED) is 0.772. The first-order valence-corrected chi connectivity index (χ1v) is 6.54. The molecule has 0 heterocycles. The monoisotopic (exact) mass is 257 g/mol. The molecular weight excluding hydrogens is 242 g/mol. The lowest BCUT2D eigenvalue weighted by Gasteiger charge is -2.05. The number of benzene rings is 1. The summed E-state index contributed by atoms with van der Waals surface area (Å²) in [5.41, 5.74) is 0.622. The summed E-state index contributed by atoms with van der Waals surface area (Å²) in [6.45, 7) is -0.178. The van der Waals surface area contributed by atoms with Crippen molar-refractivity contribution in [1.82, 2.24) is 0 Å². The molecule has 2 N–H and O–H groups in total. The van der Waals surface area contributed by atoms with Crippen molar-refractivity contribution in [3.05, 3.63) is 24.3 Å². The SMILES string of the molecule is COc1ccc(NC(=O)CS(=O)CCO)cc1. The number of anilines is 1. The Kier molecular flexibility index (Phi) is 5.65. The number of aliphatic hydroxyl groups excluding tert-OH is 1. The van der Waals surface area contributed by atoms with Crippen LogP contribution in [0, 0.1) is 0 Å². The van der Waals surface area contributed by atoms with Gasteiger partial charge >= 0.3 is 0 Å². The molecule has 0 bridgehead atoms. The number of aliphatic hydroxyl groups is 1. The van der Waals surface area contributed by atoms with Crippen LogP contribution in [-0.4, -0.2) is 40.4 Å². The minimum absolute atomic E-state index is 0.105. The fourth-order valence-corrected chi connectivity index (χ4v) is 1.90. The van der Waals surface area contributed by atoms with Gasteiger partial charge in [-0.1, -0.05) is 0 Å². The molecule has 0 aromatic heterocycles. The fourth-order valence-electron chi connectivity index (χ4n) is 1.19. The number of hydrogen-bond donors (Lipinski definition) is 2. The van der Waals surface area contributed by atoms with Crippen LogP contribution in [0.3, 0.4) is 0 Å². The van der Waals surface area contributed by atoms with Crippen molar-refractivity contribution in [3.63, 3.8) is 0 Å². The van der Waals surface area contributed by atoms with Crippen LogP contribution in [0.2, 0.25) is 0 Å². The van der Waals surface area contributed by atoms with E-state index in [0.717, 1.165) is 0 Å². The maximum atomic E-state index is 11.4. The van der Waals surface area contributed by atoms with Gasteiger partial charge in [0.25, 0.3) is 0 Å². The predicted octanol–water partition coefficient (Wildman–Crippen LogP) is 0.375. The summed E-state index contributed by atoms with van der Waals surface area (Å²) in [6.07, 6.45) is 0. The average Bonchev–Trinajstić information content (AvgIpc) is 2.30. The largest absolute Gasteiger partial charge is 0.497 e. The van der Waals surface area contributed by atoms with Gasteiger partial charge in [0.1, 0.15) is 11.5 Å². The third-order valence-electron chi connectivity index (χ3n) is 1.98. The summed E-state index contributed by atoms with van der Waals surface area (Å²) in [7, 11) is 0.245. The minimum Gasteiger partial charge on any atom is -0.497 e. The molecule has 0 saturated carbocycles. The van der Waals surface area contributed by atoms with E-state index in [-0.39, 0.29) is 24.0 Å². The maximum absolute atomic E-state index is 11.4. The summed E-state index contributed by atoms with van der Waals surface area (Å²) in [4.78, 5) is 11.4. The molecule has 0 aliphatic carbocycles. The first kappa shape index (κ1) is 13.7. The third kappa shape index (κ3) is 4.97. The molecule has 1 aromatic rings. The second-order valence-electron chi connectivity index (χ2n) is 3.29. The minimum atomic E-state index is -1.32. The molecule has 0 radical (unpaired) electrons. The molecule has 5 nitrogen and oxygen atoms in total. The summed E-state index contributed by atoms with van der Waals surface area (Å²) in [6, 6.07) is 6.85. The molecule has 1 unspecified atom stereocenters. The Morgan fingerprint density at radius 3 is 2.59 bits per heavy atom. The number of methoxy groups -OCH3 is 1. The molecule has 1 aromatic carbocycles. The molecule has 0 aliphatic rings. The van der Waals surface area contributed by atoms with Gasteiger partial charge in [0.05, 0.1) is 13.7 Å². The number of amides is 1. The van der Waals surface area contributed by atoms with Crippen molar-refractivity contribution >= 4 is 22.4 Å².